The maximum Gasteiger partial charge on any atom is 0.177 e. The average Bonchev–Trinajstić information content (AvgIpc) is 2.78. The topological polar surface area (TPSA) is 17.1 Å². The Labute approximate surface area is 132 Å². The Kier molecular flexibility index (Phi) is 4.38. The molecule has 2 heteroatoms. The SMILES string of the molecule is Cc1ccsc1C(=O)Cc1c(C)cc(C(C)(C)C)cc1C. The van der Waals surface area contributed by atoms with E-state index in [1.54, 1.807) is 11.3 Å². The molecule has 1 aromatic carbocycles. The van der Waals surface area contributed by atoms with Crippen molar-refractivity contribution < 1.29 is 4.79 Å². The van der Waals surface area contributed by atoms with Crippen LogP contribution < -0.4 is 0 Å². The molecule has 0 atom stereocenters. The molecule has 0 spiro atoms. The van der Waals surface area contributed by atoms with Crippen LogP contribution in [0.15, 0.2) is 23.6 Å². The van der Waals surface area contributed by atoms with E-state index in [0.29, 0.717) is 6.42 Å². The first-order chi connectivity index (χ1) is 9.70. The van der Waals surface area contributed by atoms with Crippen molar-refractivity contribution in [2.45, 2.75) is 53.4 Å². The Morgan fingerprint density at radius 3 is 2.05 bits per heavy atom. The number of ketones is 1. The van der Waals surface area contributed by atoms with Crippen LogP contribution in [-0.2, 0) is 11.8 Å². The van der Waals surface area contributed by atoms with Crippen LogP contribution in [0.1, 0.15) is 58.3 Å². The predicted molar refractivity (Wildman–Crippen MR) is 91.7 cm³/mol. The fraction of sp³-hybridized carbons (Fsp3) is 0.421. The molecule has 0 aliphatic carbocycles. The molecule has 0 bridgehead atoms. The first-order valence-corrected chi connectivity index (χ1v) is 8.26. The van der Waals surface area contributed by atoms with Gasteiger partial charge in [0.15, 0.2) is 5.78 Å². The van der Waals surface area contributed by atoms with Gasteiger partial charge in [0.1, 0.15) is 0 Å². The summed E-state index contributed by atoms with van der Waals surface area (Å²) in [4.78, 5) is 13.4. The van der Waals surface area contributed by atoms with Gasteiger partial charge in [-0.15, -0.1) is 11.3 Å². The van der Waals surface area contributed by atoms with E-state index < -0.39 is 0 Å². The monoisotopic (exact) mass is 300 g/mol. The molecule has 0 N–H and O–H groups in total. The lowest BCUT2D eigenvalue weighted by molar-refractivity contribution is 0.0996. The molecule has 1 heterocycles. The molecule has 21 heavy (non-hydrogen) atoms. The minimum atomic E-state index is 0.141. The first-order valence-electron chi connectivity index (χ1n) is 7.38. The van der Waals surface area contributed by atoms with Gasteiger partial charge in [0.25, 0.3) is 0 Å². The number of hydrogen-bond acceptors (Lipinski definition) is 2. The van der Waals surface area contributed by atoms with Gasteiger partial charge in [-0.05, 0) is 65.4 Å². The van der Waals surface area contributed by atoms with Gasteiger partial charge in [0, 0.05) is 6.42 Å². The molecule has 2 aromatic rings. The van der Waals surface area contributed by atoms with Gasteiger partial charge in [-0.25, -0.2) is 0 Å². The smallest absolute Gasteiger partial charge is 0.177 e. The van der Waals surface area contributed by atoms with Crippen LogP contribution in [0.25, 0.3) is 0 Å². The Morgan fingerprint density at radius 2 is 1.62 bits per heavy atom. The van der Waals surface area contributed by atoms with E-state index in [4.69, 9.17) is 0 Å². The van der Waals surface area contributed by atoms with Crippen molar-refractivity contribution in [2.24, 2.45) is 0 Å². The molecule has 2 rings (SSSR count). The number of hydrogen-bond donors (Lipinski definition) is 0. The summed E-state index contributed by atoms with van der Waals surface area (Å²) in [5, 5.41) is 1.99. The second-order valence-electron chi connectivity index (χ2n) is 6.87. The highest BCUT2D eigenvalue weighted by Crippen LogP contribution is 2.28. The number of carbonyl (C=O) groups is 1. The molecule has 0 saturated carbocycles. The second-order valence-corrected chi connectivity index (χ2v) is 7.79. The zero-order chi connectivity index (χ0) is 15.8. The molecule has 1 aromatic heterocycles. The molecule has 0 unspecified atom stereocenters. The molecular weight excluding hydrogens is 276 g/mol. The van der Waals surface area contributed by atoms with E-state index in [1.807, 2.05) is 18.4 Å². The normalized spacial score (nSPS) is 11.7. The van der Waals surface area contributed by atoms with Crippen LogP contribution in [0.3, 0.4) is 0 Å². The molecule has 1 nitrogen and oxygen atoms in total. The van der Waals surface area contributed by atoms with Crippen molar-refractivity contribution in [3.63, 3.8) is 0 Å². The van der Waals surface area contributed by atoms with Gasteiger partial charge in [-0.3, -0.25) is 4.79 Å². The minimum absolute atomic E-state index is 0.141. The Hall–Kier alpha value is -1.41. The summed E-state index contributed by atoms with van der Waals surface area (Å²) < 4.78 is 0. The predicted octanol–water partition coefficient (Wildman–Crippen LogP) is 5.40. The minimum Gasteiger partial charge on any atom is -0.293 e. The third-order valence-electron chi connectivity index (χ3n) is 4.01. The molecule has 0 aliphatic rings. The lowest BCUT2D eigenvalue weighted by Gasteiger charge is -2.22. The maximum atomic E-state index is 12.5. The second kappa shape index (κ2) is 5.76. The lowest BCUT2D eigenvalue weighted by Crippen LogP contribution is -2.13. The molecule has 0 fully saturated rings. The first kappa shape index (κ1) is 16.0. The van der Waals surface area contributed by atoms with E-state index in [1.165, 1.54) is 22.3 Å². The quantitative estimate of drug-likeness (QED) is 0.694. The van der Waals surface area contributed by atoms with Crippen molar-refractivity contribution in [1.29, 1.82) is 0 Å². The highest BCUT2D eigenvalue weighted by molar-refractivity contribution is 7.12. The summed E-state index contributed by atoms with van der Waals surface area (Å²) in [5.41, 5.74) is 6.20. The summed E-state index contributed by atoms with van der Waals surface area (Å²) in [7, 11) is 0. The van der Waals surface area contributed by atoms with Crippen LogP contribution >= 0.6 is 11.3 Å². The van der Waals surface area contributed by atoms with Gasteiger partial charge in [-0.1, -0.05) is 32.9 Å². The van der Waals surface area contributed by atoms with Gasteiger partial charge in [0.05, 0.1) is 4.88 Å². The zero-order valence-corrected chi connectivity index (χ0v) is 14.6. The van der Waals surface area contributed by atoms with Crippen LogP contribution in [0.4, 0.5) is 0 Å². The van der Waals surface area contributed by atoms with E-state index in [0.717, 1.165) is 10.4 Å². The Balaban J connectivity index is 2.34. The van der Waals surface area contributed by atoms with Crippen LogP contribution in [-0.4, -0.2) is 5.78 Å². The Morgan fingerprint density at radius 1 is 1.05 bits per heavy atom. The summed E-state index contributed by atoms with van der Waals surface area (Å²) >= 11 is 1.55. The van der Waals surface area contributed by atoms with E-state index in [2.05, 4.69) is 46.8 Å². The zero-order valence-electron chi connectivity index (χ0n) is 13.8. The molecule has 0 radical (unpaired) electrons. The van der Waals surface area contributed by atoms with E-state index in [9.17, 15) is 4.79 Å². The number of aryl methyl sites for hydroxylation is 3. The highest BCUT2D eigenvalue weighted by atomic mass is 32.1. The third kappa shape index (κ3) is 3.44. The van der Waals surface area contributed by atoms with Crippen molar-refractivity contribution in [3.05, 3.63) is 56.3 Å². The van der Waals surface area contributed by atoms with Gasteiger partial charge in [-0.2, -0.15) is 0 Å². The molecule has 0 amide bonds. The standard InChI is InChI=1S/C19H24OS/c1-12-7-8-21-18(12)17(20)11-16-13(2)9-15(10-14(16)3)19(4,5)6/h7-10H,11H2,1-6H3. The van der Waals surface area contributed by atoms with E-state index >= 15 is 0 Å². The summed E-state index contributed by atoms with van der Waals surface area (Å²) in [6, 6.07) is 6.48. The average molecular weight is 300 g/mol. The highest BCUT2D eigenvalue weighted by Gasteiger charge is 2.18. The summed E-state index contributed by atoms with van der Waals surface area (Å²) in [5.74, 6) is 0.234. The summed E-state index contributed by atoms with van der Waals surface area (Å²) in [6.45, 7) is 12.9. The molecule has 0 aliphatic heterocycles. The fourth-order valence-corrected chi connectivity index (χ4v) is 3.47. The largest absolute Gasteiger partial charge is 0.293 e. The molecule has 0 saturated heterocycles. The van der Waals surface area contributed by atoms with E-state index in [-0.39, 0.29) is 11.2 Å². The van der Waals surface area contributed by atoms with Crippen LogP contribution in [0.5, 0.6) is 0 Å². The molecular formula is C19H24OS. The summed E-state index contributed by atoms with van der Waals surface area (Å²) in [6.07, 6.45) is 0.503. The number of Topliss-reactive ketones (excluding diaryl/α,β-unsaturated/α-hetero) is 1. The van der Waals surface area contributed by atoms with Crippen molar-refractivity contribution in [1.82, 2.24) is 0 Å². The van der Waals surface area contributed by atoms with Crippen LogP contribution in [0, 0.1) is 20.8 Å². The van der Waals surface area contributed by atoms with Gasteiger partial charge < -0.3 is 0 Å². The number of benzene rings is 1. The number of thiophene rings is 1. The van der Waals surface area contributed by atoms with Crippen molar-refractivity contribution in [3.8, 4) is 0 Å². The van der Waals surface area contributed by atoms with Crippen molar-refractivity contribution in [2.75, 3.05) is 0 Å². The Bertz CT molecular complexity index is 648. The number of rotatable bonds is 3. The lowest BCUT2D eigenvalue weighted by atomic mass is 9.83. The third-order valence-corrected chi connectivity index (χ3v) is 5.07. The number of carbonyl (C=O) groups excluding carboxylic acids is 1. The van der Waals surface area contributed by atoms with Crippen LogP contribution in [0.2, 0.25) is 0 Å². The fourth-order valence-electron chi connectivity index (χ4n) is 2.60. The maximum absolute atomic E-state index is 12.5. The van der Waals surface area contributed by atoms with Crippen molar-refractivity contribution >= 4 is 17.1 Å². The van der Waals surface area contributed by atoms with Gasteiger partial charge >= 0.3 is 0 Å². The molecule has 112 valence electrons. The van der Waals surface area contributed by atoms with Gasteiger partial charge in [0.2, 0.25) is 0 Å².